The van der Waals surface area contributed by atoms with Crippen LogP contribution in [0.15, 0.2) is 0 Å². The topological polar surface area (TPSA) is 155 Å². The Bertz CT molecular complexity index is 418. The molecule has 4 atom stereocenters. The van der Waals surface area contributed by atoms with Gasteiger partial charge in [-0.2, -0.15) is 5.21 Å². The molecule has 1 fully saturated rings. The summed E-state index contributed by atoms with van der Waals surface area (Å²) < 4.78 is 0. The quantitative estimate of drug-likeness (QED) is 0.461. The van der Waals surface area contributed by atoms with E-state index < -0.39 is 35.7 Å². The second-order valence-electron chi connectivity index (χ2n) is 3.60. The molecule has 9 heteroatoms. The lowest BCUT2D eigenvalue weighted by molar-refractivity contribution is -0.140. The number of aromatic amines is 1. The van der Waals surface area contributed by atoms with Gasteiger partial charge in [-0.15, -0.1) is 10.2 Å². The highest BCUT2D eigenvalue weighted by atomic mass is 16.4. The molecule has 1 aliphatic rings. The summed E-state index contributed by atoms with van der Waals surface area (Å²) in [6, 6.07) is -1.23. The summed E-state index contributed by atoms with van der Waals surface area (Å²) >= 11 is 0. The van der Waals surface area contributed by atoms with Crippen LogP contribution in [0, 0.1) is 11.8 Å². The largest absolute Gasteiger partial charge is 0.481 e. The third-order valence-corrected chi connectivity index (χ3v) is 2.72. The zero-order valence-corrected chi connectivity index (χ0v) is 7.94. The summed E-state index contributed by atoms with van der Waals surface area (Å²) in [7, 11) is 0. The summed E-state index contributed by atoms with van der Waals surface area (Å²) in [6.45, 7) is 0. The maximum atomic E-state index is 10.9. The van der Waals surface area contributed by atoms with Gasteiger partial charge >= 0.3 is 11.9 Å². The van der Waals surface area contributed by atoms with Crippen LogP contribution >= 0.6 is 0 Å². The van der Waals surface area contributed by atoms with Crippen LogP contribution in [0.2, 0.25) is 0 Å². The van der Waals surface area contributed by atoms with E-state index in [1.807, 2.05) is 0 Å². The Morgan fingerprint density at radius 3 is 2.56 bits per heavy atom. The third kappa shape index (κ3) is 1.50. The van der Waals surface area contributed by atoms with Crippen molar-refractivity contribution in [3.05, 3.63) is 5.82 Å². The van der Waals surface area contributed by atoms with Crippen molar-refractivity contribution in [2.45, 2.75) is 12.0 Å². The predicted molar refractivity (Wildman–Crippen MR) is 47.1 cm³/mol. The molecule has 16 heavy (non-hydrogen) atoms. The number of nitrogens with one attached hydrogen (secondary N) is 1. The van der Waals surface area contributed by atoms with Crippen LogP contribution < -0.4 is 5.73 Å². The molecular formula is C7H9N5O4. The molecule has 0 aromatic carbocycles. The molecule has 2 rings (SSSR count). The van der Waals surface area contributed by atoms with Crippen molar-refractivity contribution in [2.24, 2.45) is 17.6 Å². The number of carbonyl (C=O) groups is 2. The Labute approximate surface area is 88.6 Å². The number of carboxylic acid groups (broad SMARTS) is 2. The van der Waals surface area contributed by atoms with Gasteiger partial charge in [0.1, 0.15) is 6.04 Å². The average Bonchev–Trinajstić information content (AvgIpc) is 2.73. The molecular weight excluding hydrogens is 218 g/mol. The highest BCUT2D eigenvalue weighted by Gasteiger charge is 2.62. The molecule has 0 bridgehead atoms. The molecule has 0 unspecified atom stereocenters. The van der Waals surface area contributed by atoms with Gasteiger partial charge in [-0.05, 0) is 0 Å². The first-order valence-electron chi connectivity index (χ1n) is 4.48. The van der Waals surface area contributed by atoms with Gasteiger partial charge in [0.15, 0.2) is 5.82 Å². The molecule has 86 valence electrons. The van der Waals surface area contributed by atoms with E-state index in [4.69, 9.17) is 15.9 Å². The van der Waals surface area contributed by atoms with Crippen molar-refractivity contribution in [3.8, 4) is 0 Å². The van der Waals surface area contributed by atoms with E-state index in [0.717, 1.165) is 0 Å². The summed E-state index contributed by atoms with van der Waals surface area (Å²) in [4.78, 5) is 21.6. The van der Waals surface area contributed by atoms with E-state index in [1.54, 1.807) is 0 Å². The van der Waals surface area contributed by atoms with Crippen molar-refractivity contribution in [3.63, 3.8) is 0 Å². The normalized spacial score (nSPS) is 29.7. The Kier molecular flexibility index (Phi) is 2.31. The first kappa shape index (κ1) is 10.5. The summed E-state index contributed by atoms with van der Waals surface area (Å²) in [6.07, 6.45) is 0. The highest BCUT2D eigenvalue weighted by molar-refractivity contribution is 5.81. The molecule has 9 nitrogen and oxygen atoms in total. The lowest BCUT2D eigenvalue weighted by Crippen LogP contribution is -2.34. The molecule has 0 aliphatic heterocycles. The predicted octanol–water partition coefficient (Wildman–Crippen LogP) is -1.97. The maximum Gasteiger partial charge on any atom is 0.320 e. The maximum absolute atomic E-state index is 10.9. The van der Waals surface area contributed by atoms with Gasteiger partial charge in [-0.25, -0.2) is 0 Å². The molecule has 0 radical (unpaired) electrons. The number of carboxylic acids is 2. The van der Waals surface area contributed by atoms with Gasteiger partial charge in [0.2, 0.25) is 0 Å². The minimum absolute atomic E-state index is 0.189. The SMILES string of the molecule is N[C@H](C(=O)O)[C@@H]1[C@@H](C(=O)O)[C@@H]1c1nn[nH]n1. The van der Waals surface area contributed by atoms with Crippen molar-refractivity contribution in [2.75, 3.05) is 0 Å². The summed E-state index contributed by atoms with van der Waals surface area (Å²) in [5.74, 6) is -4.27. The van der Waals surface area contributed by atoms with Gasteiger partial charge in [0.05, 0.1) is 5.92 Å². The van der Waals surface area contributed by atoms with E-state index in [9.17, 15) is 9.59 Å². The van der Waals surface area contributed by atoms with Crippen LogP contribution in [0.5, 0.6) is 0 Å². The lowest BCUT2D eigenvalue weighted by atomic mass is 10.1. The molecule has 1 heterocycles. The number of nitrogens with zero attached hydrogens (tertiary/aromatic N) is 3. The smallest absolute Gasteiger partial charge is 0.320 e. The molecule has 5 N–H and O–H groups in total. The Hall–Kier alpha value is -2.03. The third-order valence-electron chi connectivity index (χ3n) is 2.72. The van der Waals surface area contributed by atoms with E-state index in [1.165, 1.54) is 0 Å². The van der Waals surface area contributed by atoms with Gasteiger partial charge in [-0.3, -0.25) is 9.59 Å². The van der Waals surface area contributed by atoms with Crippen LogP contribution in [0.1, 0.15) is 11.7 Å². The molecule has 0 amide bonds. The van der Waals surface area contributed by atoms with Crippen molar-refractivity contribution < 1.29 is 19.8 Å². The van der Waals surface area contributed by atoms with Gasteiger partial charge in [0.25, 0.3) is 0 Å². The zero-order valence-electron chi connectivity index (χ0n) is 7.94. The van der Waals surface area contributed by atoms with E-state index in [2.05, 4.69) is 20.6 Å². The van der Waals surface area contributed by atoms with Crippen LogP contribution in [-0.4, -0.2) is 48.8 Å². The van der Waals surface area contributed by atoms with Crippen LogP contribution in [0.3, 0.4) is 0 Å². The van der Waals surface area contributed by atoms with Gasteiger partial charge in [-0.1, -0.05) is 5.21 Å². The molecule has 1 aliphatic carbocycles. The van der Waals surface area contributed by atoms with Crippen molar-refractivity contribution >= 4 is 11.9 Å². The van der Waals surface area contributed by atoms with Crippen molar-refractivity contribution in [1.29, 1.82) is 0 Å². The Morgan fingerprint density at radius 2 is 2.12 bits per heavy atom. The van der Waals surface area contributed by atoms with Gasteiger partial charge < -0.3 is 15.9 Å². The molecule has 0 spiro atoms. The zero-order chi connectivity index (χ0) is 11.9. The number of tetrazole rings is 1. The fraction of sp³-hybridized carbons (Fsp3) is 0.571. The fourth-order valence-electron chi connectivity index (χ4n) is 1.91. The number of H-pyrrole nitrogens is 1. The monoisotopic (exact) mass is 227 g/mol. The summed E-state index contributed by atoms with van der Waals surface area (Å²) in [5.41, 5.74) is 5.40. The number of hydrogen-bond acceptors (Lipinski definition) is 6. The number of aliphatic carboxylic acids is 2. The lowest BCUT2D eigenvalue weighted by Gasteiger charge is -2.02. The molecule has 1 saturated carbocycles. The Balaban J connectivity index is 2.20. The number of rotatable bonds is 4. The second-order valence-corrected chi connectivity index (χ2v) is 3.60. The van der Waals surface area contributed by atoms with Crippen LogP contribution in [0.25, 0.3) is 0 Å². The standard InChI is InChI=1S/C7H9N5O4/c8-4(7(15)16)1-2(3(1)6(13)14)5-9-11-12-10-5/h1-4H,8H2,(H,13,14)(H,15,16)(H,9,10,11,12)/t1-,2+,3+,4-/m0/s1. The van der Waals surface area contributed by atoms with Crippen LogP contribution in [0.4, 0.5) is 0 Å². The molecule has 1 aromatic heterocycles. The Morgan fingerprint density at radius 1 is 1.44 bits per heavy atom. The molecule has 1 aromatic rings. The minimum atomic E-state index is -1.23. The minimum Gasteiger partial charge on any atom is -0.481 e. The number of nitrogens with two attached hydrogens (primary N) is 1. The average molecular weight is 227 g/mol. The fourth-order valence-corrected chi connectivity index (χ4v) is 1.91. The van der Waals surface area contributed by atoms with Gasteiger partial charge in [0, 0.05) is 11.8 Å². The number of aromatic nitrogens is 4. The highest BCUT2D eigenvalue weighted by Crippen LogP contribution is 2.54. The molecule has 0 saturated heterocycles. The van der Waals surface area contributed by atoms with Crippen LogP contribution in [-0.2, 0) is 9.59 Å². The van der Waals surface area contributed by atoms with E-state index in [0.29, 0.717) is 0 Å². The first-order chi connectivity index (χ1) is 7.54. The summed E-state index contributed by atoms with van der Waals surface area (Å²) in [5, 5.41) is 30.4. The second kappa shape index (κ2) is 3.52. The van der Waals surface area contributed by atoms with Crippen molar-refractivity contribution in [1.82, 2.24) is 20.6 Å². The van der Waals surface area contributed by atoms with E-state index >= 15 is 0 Å². The first-order valence-corrected chi connectivity index (χ1v) is 4.48. The number of hydrogen-bond donors (Lipinski definition) is 4. The van der Waals surface area contributed by atoms with E-state index in [-0.39, 0.29) is 5.82 Å².